The second-order valence-electron chi connectivity index (χ2n) is 9.75. The second-order valence-corrected chi connectivity index (χ2v) is 9.75. The van der Waals surface area contributed by atoms with E-state index in [2.05, 4.69) is 25.3 Å². The molecule has 1 aliphatic heterocycles. The molecule has 2 fully saturated rings. The third kappa shape index (κ3) is 5.29. The normalized spacial score (nSPS) is 22.6. The monoisotopic (exact) mass is 535 g/mol. The van der Waals surface area contributed by atoms with Crippen molar-refractivity contribution in [2.24, 2.45) is 17.1 Å². The molecule has 1 amide bonds. The molecule has 39 heavy (non-hydrogen) atoms. The Balaban J connectivity index is 1.51. The van der Waals surface area contributed by atoms with Crippen LogP contribution >= 0.6 is 0 Å². The summed E-state index contributed by atoms with van der Waals surface area (Å²) in [6.45, 7) is 1.52. The molecule has 0 spiro atoms. The zero-order valence-electron chi connectivity index (χ0n) is 21.1. The van der Waals surface area contributed by atoms with Gasteiger partial charge in [-0.1, -0.05) is 0 Å². The van der Waals surface area contributed by atoms with Crippen molar-refractivity contribution >= 4 is 17.8 Å². The van der Waals surface area contributed by atoms with E-state index in [-0.39, 0.29) is 31.5 Å². The van der Waals surface area contributed by atoms with Crippen LogP contribution in [0.2, 0.25) is 0 Å². The predicted molar refractivity (Wildman–Crippen MR) is 134 cm³/mol. The summed E-state index contributed by atoms with van der Waals surface area (Å²) in [5, 5.41) is 11.6. The van der Waals surface area contributed by atoms with E-state index in [1.54, 1.807) is 13.0 Å². The van der Waals surface area contributed by atoms with Gasteiger partial charge in [0, 0.05) is 11.8 Å². The predicted octanol–water partition coefficient (Wildman–Crippen LogP) is 2.25. The number of esters is 1. The number of halogens is 1. The van der Waals surface area contributed by atoms with Crippen molar-refractivity contribution in [3.63, 3.8) is 0 Å². The number of nitrogens with two attached hydrogens (primary N) is 1. The first-order valence-electron chi connectivity index (χ1n) is 12.3. The lowest BCUT2D eigenvalue weighted by atomic mass is 9.91. The van der Waals surface area contributed by atoms with E-state index in [9.17, 15) is 14.0 Å². The van der Waals surface area contributed by atoms with Crippen LogP contribution in [0.1, 0.15) is 25.6 Å². The Bertz CT molecular complexity index is 1420. The van der Waals surface area contributed by atoms with Crippen molar-refractivity contribution in [3.05, 3.63) is 48.2 Å². The molecule has 13 heteroatoms. The molecule has 1 saturated carbocycles. The fourth-order valence-electron chi connectivity index (χ4n) is 4.00. The summed E-state index contributed by atoms with van der Waals surface area (Å²) >= 11 is 0. The first-order chi connectivity index (χ1) is 18.7. The van der Waals surface area contributed by atoms with Gasteiger partial charge in [-0.2, -0.15) is 5.26 Å². The van der Waals surface area contributed by atoms with Crippen molar-refractivity contribution in [2.45, 2.75) is 25.6 Å². The van der Waals surface area contributed by atoms with Gasteiger partial charge in [0.25, 0.3) is 5.91 Å². The Morgan fingerprint density at radius 3 is 2.59 bits per heavy atom. The molecule has 202 valence electrons. The van der Waals surface area contributed by atoms with E-state index in [0.717, 1.165) is 12.8 Å². The van der Waals surface area contributed by atoms with Gasteiger partial charge in [0.1, 0.15) is 17.8 Å². The zero-order valence-corrected chi connectivity index (χ0v) is 21.1. The lowest BCUT2D eigenvalue weighted by Crippen LogP contribution is -2.56. The molecule has 0 bridgehead atoms. The molecule has 0 radical (unpaired) electrons. The number of hydrogen-bond acceptors (Lipinski definition) is 10. The summed E-state index contributed by atoms with van der Waals surface area (Å²) in [6.07, 6.45) is 3.54. The number of aromatic amines is 1. The number of nitrogens with zero attached hydrogens (tertiary/aromatic N) is 4. The second kappa shape index (κ2) is 10.4. The van der Waals surface area contributed by atoms with Gasteiger partial charge in [0.2, 0.25) is 5.95 Å². The van der Waals surface area contributed by atoms with Crippen LogP contribution in [0.4, 0.5) is 10.3 Å². The van der Waals surface area contributed by atoms with Crippen LogP contribution in [0.25, 0.3) is 22.6 Å². The number of amides is 1. The molecule has 3 heterocycles. The van der Waals surface area contributed by atoms with Crippen LogP contribution in [0.3, 0.4) is 0 Å². The molecule has 0 unspecified atom stereocenters. The number of hydrogen-bond donors (Lipinski definition) is 3. The number of carbonyl (C=O) groups excluding carboxylic acids is 2. The third-order valence-corrected chi connectivity index (χ3v) is 6.52. The summed E-state index contributed by atoms with van der Waals surface area (Å²) in [6, 6.07) is 9.11. The van der Waals surface area contributed by atoms with Crippen LogP contribution in [-0.4, -0.2) is 58.2 Å². The number of nitrogens with one attached hydrogen (secondary N) is 2. The Labute approximate surface area is 222 Å². The Morgan fingerprint density at radius 2 is 1.95 bits per heavy atom. The van der Waals surface area contributed by atoms with Gasteiger partial charge < -0.3 is 30.2 Å². The van der Waals surface area contributed by atoms with Crippen LogP contribution in [0, 0.1) is 28.5 Å². The smallest absolute Gasteiger partial charge is 0.316 e. The number of aromatic nitrogens is 4. The van der Waals surface area contributed by atoms with Gasteiger partial charge in [-0.15, -0.1) is 0 Å². The summed E-state index contributed by atoms with van der Waals surface area (Å²) in [5.41, 5.74) is 6.10. The van der Waals surface area contributed by atoms with Gasteiger partial charge in [-0.25, -0.2) is 19.3 Å². The highest BCUT2D eigenvalue weighted by Gasteiger charge is 2.54. The SMILES string of the molecule is CC1(C(=O)OCC2CC2)COC(C(N)=O)(c2nc(-c3ccc(F)cc3)c(-c3ccnc(NCC#N)n3)[nH]2)OC1. The highest BCUT2D eigenvalue weighted by molar-refractivity contribution is 5.85. The van der Waals surface area contributed by atoms with Crippen molar-refractivity contribution in [2.75, 3.05) is 31.7 Å². The minimum Gasteiger partial charge on any atom is -0.465 e. The lowest BCUT2D eigenvalue weighted by Gasteiger charge is -2.40. The first-order valence-corrected chi connectivity index (χ1v) is 12.3. The molecule has 2 aliphatic rings. The van der Waals surface area contributed by atoms with Crippen LogP contribution in [0.5, 0.6) is 0 Å². The van der Waals surface area contributed by atoms with E-state index in [0.29, 0.717) is 35.2 Å². The maximum atomic E-state index is 13.7. The van der Waals surface area contributed by atoms with Gasteiger partial charge in [-0.05, 0) is 56.0 Å². The maximum absolute atomic E-state index is 13.7. The maximum Gasteiger partial charge on any atom is 0.316 e. The highest BCUT2D eigenvalue weighted by atomic mass is 19.1. The van der Waals surface area contributed by atoms with E-state index in [1.165, 1.54) is 30.5 Å². The minimum atomic E-state index is -2.14. The number of carbonyl (C=O) groups is 2. The fraction of sp³-hybridized carbons (Fsp3) is 0.385. The topological polar surface area (TPSA) is 178 Å². The molecule has 1 aromatic carbocycles. The molecular weight excluding hydrogens is 509 g/mol. The molecule has 2 aromatic heterocycles. The first kappa shape index (κ1) is 26.2. The van der Waals surface area contributed by atoms with Gasteiger partial charge in [0.15, 0.2) is 5.82 Å². The summed E-state index contributed by atoms with van der Waals surface area (Å²) in [4.78, 5) is 41.6. The van der Waals surface area contributed by atoms with E-state index < -0.39 is 28.9 Å². The summed E-state index contributed by atoms with van der Waals surface area (Å²) < 4.78 is 30.9. The third-order valence-electron chi connectivity index (χ3n) is 6.52. The fourth-order valence-corrected chi connectivity index (χ4v) is 4.00. The molecule has 3 aromatic rings. The van der Waals surface area contributed by atoms with E-state index in [4.69, 9.17) is 25.2 Å². The average molecular weight is 536 g/mol. The number of imidazole rings is 1. The number of primary amides is 1. The minimum absolute atomic E-state index is 0.0170. The van der Waals surface area contributed by atoms with Gasteiger partial charge >= 0.3 is 11.8 Å². The molecular formula is C26H26FN7O5. The van der Waals surface area contributed by atoms with Crippen molar-refractivity contribution < 1.29 is 28.2 Å². The number of nitriles is 1. The van der Waals surface area contributed by atoms with Crippen LogP contribution < -0.4 is 11.1 Å². The number of anilines is 1. The van der Waals surface area contributed by atoms with E-state index >= 15 is 0 Å². The Kier molecular flexibility index (Phi) is 6.98. The Morgan fingerprint density at radius 1 is 1.23 bits per heavy atom. The van der Waals surface area contributed by atoms with Crippen LogP contribution in [-0.2, 0) is 29.6 Å². The van der Waals surface area contributed by atoms with Crippen molar-refractivity contribution in [3.8, 4) is 28.7 Å². The van der Waals surface area contributed by atoms with Crippen molar-refractivity contribution in [1.82, 2.24) is 19.9 Å². The number of benzene rings is 1. The quantitative estimate of drug-likeness (QED) is 0.272. The van der Waals surface area contributed by atoms with E-state index in [1.807, 2.05) is 6.07 Å². The molecule has 5 rings (SSSR count). The number of H-pyrrole nitrogens is 1. The number of ether oxygens (including phenoxy) is 3. The lowest BCUT2D eigenvalue weighted by molar-refractivity contribution is -0.293. The zero-order chi connectivity index (χ0) is 27.6. The Hall–Kier alpha value is -4.41. The molecule has 0 atom stereocenters. The molecule has 12 nitrogen and oxygen atoms in total. The summed E-state index contributed by atoms with van der Waals surface area (Å²) in [5.74, 6) is -3.57. The largest absolute Gasteiger partial charge is 0.465 e. The summed E-state index contributed by atoms with van der Waals surface area (Å²) in [7, 11) is 0. The number of rotatable bonds is 9. The van der Waals surface area contributed by atoms with Crippen molar-refractivity contribution in [1.29, 1.82) is 5.26 Å². The molecule has 1 saturated heterocycles. The molecule has 4 N–H and O–H groups in total. The highest BCUT2D eigenvalue weighted by Crippen LogP contribution is 2.40. The van der Waals surface area contributed by atoms with Gasteiger partial charge in [0.05, 0.1) is 43.0 Å². The average Bonchev–Trinajstić information content (AvgIpc) is 3.67. The van der Waals surface area contributed by atoms with Gasteiger partial charge in [-0.3, -0.25) is 9.59 Å². The van der Waals surface area contributed by atoms with Crippen LogP contribution in [0.15, 0.2) is 36.5 Å². The standard InChI is InChI=1S/C26H26FN7O5/c1-25(23(36)37-12-15-2-3-15)13-38-26(21(29)35,39-14-25)22-33-19(16-4-6-17(27)7-5-16)20(34-22)18-8-10-30-24(32-18)31-11-9-28/h4-8,10,15H,2-3,11-14H2,1H3,(H2,29,35)(H,33,34)(H,30,31,32). The molecule has 1 aliphatic carbocycles.